The predicted octanol–water partition coefficient (Wildman–Crippen LogP) is 2.93. The van der Waals surface area contributed by atoms with Crippen LogP contribution < -0.4 is 5.32 Å². The number of aryl methyl sites for hydroxylation is 5. The number of nitrogens with zero attached hydrogens (tertiary/aromatic N) is 4. The summed E-state index contributed by atoms with van der Waals surface area (Å²) in [5, 5.41) is 10.6. The highest BCUT2D eigenvalue weighted by Gasteiger charge is 2.08. The molecule has 0 aliphatic rings. The van der Waals surface area contributed by atoms with E-state index in [1.165, 1.54) is 0 Å². The minimum absolute atomic E-state index is 0.0151. The zero-order valence-corrected chi connectivity index (χ0v) is 15.8. The molecule has 0 aliphatic carbocycles. The van der Waals surface area contributed by atoms with Gasteiger partial charge in [-0.3, -0.25) is 4.68 Å². The fraction of sp³-hybridized carbons (Fsp3) is 0.588. The molecule has 0 saturated heterocycles. The van der Waals surface area contributed by atoms with Crippen molar-refractivity contribution in [2.45, 2.75) is 46.6 Å². The lowest BCUT2D eigenvalue weighted by molar-refractivity contribution is 0.207. The van der Waals surface area contributed by atoms with E-state index >= 15 is 0 Å². The van der Waals surface area contributed by atoms with Crippen LogP contribution in [0.2, 0.25) is 0 Å². The number of carbonyl (C=O) groups excluding carboxylic acids is 1. The van der Waals surface area contributed by atoms with Gasteiger partial charge in [0.1, 0.15) is 0 Å². The second kappa shape index (κ2) is 8.82. The first-order valence-electron chi connectivity index (χ1n) is 8.36. The van der Waals surface area contributed by atoms with Crippen molar-refractivity contribution in [2.24, 2.45) is 0 Å². The molecule has 132 valence electrons. The van der Waals surface area contributed by atoms with Gasteiger partial charge in [0.15, 0.2) is 0 Å². The number of hydrogen-bond acceptors (Lipinski definition) is 4. The first-order valence-corrected chi connectivity index (χ1v) is 9.24. The number of thiazole rings is 1. The van der Waals surface area contributed by atoms with Crippen LogP contribution in [-0.2, 0) is 13.0 Å². The van der Waals surface area contributed by atoms with Crippen LogP contribution in [0.25, 0.3) is 0 Å². The van der Waals surface area contributed by atoms with E-state index < -0.39 is 0 Å². The van der Waals surface area contributed by atoms with E-state index in [9.17, 15) is 4.79 Å². The molecule has 2 heterocycles. The number of nitrogens with one attached hydrogen (secondary N) is 1. The van der Waals surface area contributed by atoms with Crippen molar-refractivity contribution >= 4 is 17.4 Å². The molecule has 0 bridgehead atoms. The molecule has 0 saturated carbocycles. The molecule has 2 rings (SSSR count). The number of rotatable bonds is 8. The van der Waals surface area contributed by atoms with E-state index in [0.29, 0.717) is 6.54 Å². The number of aromatic nitrogens is 3. The molecule has 0 radical (unpaired) electrons. The van der Waals surface area contributed by atoms with E-state index in [1.807, 2.05) is 25.6 Å². The lowest BCUT2D eigenvalue weighted by atomic mass is 10.3. The first kappa shape index (κ1) is 18.4. The molecule has 0 unspecified atom stereocenters. The Labute approximate surface area is 147 Å². The Hall–Kier alpha value is -1.89. The molecule has 1 N–H and O–H groups in total. The predicted molar refractivity (Wildman–Crippen MR) is 97.5 cm³/mol. The molecule has 0 aromatic carbocycles. The maximum atomic E-state index is 12.1. The summed E-state index contributed by atoms with van der Waals surface area (Å²) >= 11 is 1.68. The summed E-state index contributed by atoms with van der Waals surface area (Å²) in [6.07, 6.45) is 2.73. The molecule has 2 aromatic heterocycles. The van der Waals surface area contributed by atoms with Gasteiger partial charge in [0, 0.05) is 49.9 Å². The van der Waals surface area contributed by atoms with Gasteiger partial charge in [-0.25, -0.2) is 9.78 Å². The molecule has 0 atom stereocenters. The SMILES string of the molecule is Cc1csc(CCCNC(=O)N(C)CCCn2nc(C)cc2C)n1. The summed E-state index contributed by atoms with van der Waals surface area (Å²) < 4.78 is 2.00. The van der Waals surface area contributed by atoms with Gasteiger partial charge in [0.05, 0.1) is 10.7 Å². The van der Waals surface area contributed by atoms with Crippen molar-refractivity contribution in [3.63, 3.8) is 0 Å². The molecule has 6 nitrogen and oxygen atoms in total. The molecular weight excluding hydrogens is 322 g/mol. The zero-order valence-electron chi connectivity index (χ0n) is 15.0. The Bertz CT molecular complexity index is 664. The smallest absolute Gasteiger partial charge is 0.317 e. The van der Waals surface area contributed by atoms with Gasteiger partial charge in [-0.1, -0.05) is 0 Å². The number of amides is 2. The molecule has 2 aromatic rings. The standard InChI is InChI=1S/C17H27N5OS/c1-13-11-15(3)22(20-13)10-6-9-21(4)17(23)18-8-5-7-16-19-14(2)12-24-16/h11-12H,5-10H2,1-4H3,(H,18,23). The highest BCUT2D eigenvalue weighted by molar-refractivity contribution is 7.09. The second-order valence-corrected chi connectivity index (χ2v) is 7.09. The fourth-order valence-electron chi connectivity index (χ4n) is 2.55. The topological polar surface area (TPSA) is 63.1 Å². The van der Waals surface area contributed by atoms with E-state index in [4.69, 9.17) is 0 Å². The van der Waals surface area contributed by atoms with Crippen LogP contribution in [-0.4, -0.2) is 45.8 Å². The minimum Gasteiger partial charge on any atom is -0.338 e. The summed E-state index contributed by atoms with van der Waals surface area (Å²) in [7, 11) is 1.83. The van der Waals surface area contributed by atoms with E-state index in [1.54, 1.807) is 16.2 Å². The van der Waals surface area contributed by atoms with Crippen LogP contribution >= 0.6 is 11.3 Å². The van der Waals surface area contributed by atoms with Crippen LogP contribution in [0.15, 0.2) is 11.4 Å². The molecule has 0 spiro atoms. The third-order valence-corrected chi connectivity index (χ3v) is 4.85. The Morgan fingerprint density at radius 3 is 2.71 bits per heavy atom. The molecule has 0 aliphatic heterocycles. The van der Waals surface area contributed by atoms with Crippen LogP contribution in [0, 0.1) is 20.8 Å². The Balaban J connectivity index is 1.60. The summed E-state index contributed by atoms with van der Waals surface area (Å²) in [6, 6.07) is 2.05. The van der Waals surface area contributed by atoms with E-state index in [-0.39, 0.29) is 6.03 Å². The van der Waals surface area contributed by atoms with Gasteiger partial charge in [0.25, 0.3) is 0 Å². The van der Waals surface area contributed by atoms with Crippen molar-refractivity contribution in [2.75, 3.05) is 20.1 Å². The van der Waals surface area contributed by atoms with Gasteiger partial charge in [-0.15, -0.1) is 11.3 Å². The van der Waals surface area contributed by atoms with Gasteiger partial charge in [0.2, 0.25) is 0 Å². The Morgan fingerprint density at radius 1 is 1.29 bits per heavy atom. The van der Waals surface area contributed by atoms with Gasteiger partial charge in [-0.2, -0.15) is 5.10 Å². The maximum absolute atomic E-state index is 12.1. The van der Waals surface area contributed by atoms with Crippen LogP contribution in [0.3, 0.4) is 0 Å². The Morgan fingerprint density at radius 2 is 2.08 bits per heavy atom. The number of hydrogen-bond donors (Lipinski definition) is 1. The molecule has 0 fully saturated rings. The summed E-state index contributed by atoms with van der Waals surface area (Å²) in [4.78, 5) is 18.2. The zero-order chi connectivity index (χ0) is 17.5. The third kappa shape index (κ3) is 5.63. The van der Waals surface area contributed by atoms with Crippen LogP contribution in [0.5, 0.6) is 0 Å². The van der Waals surface area contributed by atoms with E-state index in [2.05, 4.69) is 33.8 Å². The average Bonchev–Trinajstić information content (AvgIpc) is 3.08. The lowest BCUT2D eigenvalue weighted by Gasteiger charge is -2.18. The van der Waals surface area contributed by atoms with E-state index in [0.717, 1.165) is 54.4 Å². The highest BCUT2D eigenvalue weighted by Crippen LogP contribution is 2.10. The summed E-state index contributed by atoms with van der Waals surface area (Å²) in [5.74, 6) is 0. The summed E-state index contributed by atoms with van der Waals surface area (Å²) in [5.41, 5.74) is 3.27. The average molecular weight is 350 g/mol. The van der Waals surface area contributed by atoms with Crippen molar-refractivity contribution < 1.29 is 4.79 Å². The number of carbonyl (C=O) groups is 1. The van der Waals surface area contributed by atoms with Crippen molar-refractivity contribution in [1.82, 2.24) is 25.0 Å². The lowest BCUT2D eigenvalue weighted by Crippen LogP contribution is -2.38. The molecule has 2 amide bonds. The van der Waals surface area contributed by atoms with Gasteiger partial charge < -0.3 is 10.2 Å². The third-order valence-electron chi connectivity index (χ3n) is 3.82. The van der Waals surface area contributed by atoms with Crippen LogP contribution in [0.1, 0.15) is 34.9 Å². The molecule has 24 heavy (non-hydrogen) atoms. The summed E-state index contributed by atoms with van der Waals surface area (Å²) in [6.45, 7) is 8.29. The highest BCUT2D eigenvalue weighted by atomic mass is 32.1. The second-order valence-electron chi connectivity index (χ2n) is 6.14. The van der Waals surface area contributed by atoms with Crippen LogP contribution in [0.4, 0.5) is 4.79 Å². The maximum Gasteiger partial charge on any atom is 0.317 e. The van der Waals surface area contributed by atoms with Gasteiger partial charge in [-0.05, 0) is 39.7 Å². The van der Waals surface area contributed by atoms with Crippen molar-refractivity contribution in [1.29, 1.82) is 0 Å². The van der Waals surface area contributed by atoms with Crippen molar-refractivity contribution in [3.8, 4) is 0 Å². The largest absolute Gasteiger partial charge is 0.338 e. The quantitative estimate of drug-likeness (QED) is 0.745. The fourth-order valence-corrected chi connectivity index (χ4v) is 3.37. The molecular formula is C17H27N5OS. The van der Waals surface area contributed by atoms with Crippen molar-refractivity contribution in [3.05, 3.63) is 33.5 Å². The van der Waals surface area contributed by atoms with Gasteiger partial charge >= 0.3 is 6.03 Å². The normalized spacial score (nSPS) is 10.8. The monoisotopic (exact) mass is 349 g/mol. The Kier molecular flexibility index (Phi) is 6.78. The first-order chi connectivity index (χ1) is 11.5. The number of urea groups is 1. The minimum atomic E-state index is -0.0151. The molecule has 7 heteroatoms.